The quantitative estimate of drug-likeness (QED) is 0.517. The second kappa shape index (κ2) is 10.7. The van der Waals surface area contributed by atoms with Gasteiger partial charge < -0.3 is 19.9 Å². The van der Waals surface area contributed by atoms with E-state index in [0.717, 1.165) is 55.6 Å². The standard InChI is InChI=1S/C18H27ClN6O/c1-4-17-24-23-13-25(17)11-10-22-18(20-5-2)21-9-8-14-6-7-15(26-3)12-16(14)19/h6-7,12-13H,4-5,8-11H2,1-3H3,(H2,20,21,22). The van der Waals surface area contributed by atoms with E-state index >= 15 is 0 Å². The van der Waals surface area contributed by atoms with Crippen molar-refractivity contribution in [3.63, 3.8) is 0 Å². The zero-order valence-electron chi connectivity index (χ0n) is 15.6. The summed E-state index contributed by atoms with van der Waals surface area (Å²) >= 11 is 6.28. The molecule has 0 unspecified atom stereocenters. The Bertz CT molecular complexity index is 715. The van der Waals surface area contributed by atoms with Gasteiger partial charge in [0.15, 0.2) is 5.96 Å². The number of hydrogen-bond acceptors (Lipinski definition) is 4. The highest BCUT2D eigenvalue weighted by atomic mass is 35.5. The van der Waals surface area contributed by atoms with Crippen molar-refractivity contribution in [2.45, 2.75) is 33.2 Å². The minimum atomic E-state index is 0.647. The summed E-state index contributed by atoms with van der Waals surface area (Å²) in [6.45, 7) is 7.12. The van der Waals surface area contributed by atoms with E-state index in [1.54, 1.807) is 13.4 Å². The van der Waals surface area contributed by atoms with Gasteiger partial charge in [0.05, 0.1) is 7.11 Å². The molecule has 0 bridgehead atoms. The minimum absolute atomic E-state index is 0.647. The fraction of sp³-hybridized carbons (Fsp3) is 0.500. The SMILES string of the molecule is CCNC(=NCCc1ccc(OC)cc1Cl)NCCn1cnnc1CC. The Morgan fingerprint density at radius 2 is 2.15 bits per heavy atom. The maximum absolute atomic E-state index is 6.28. The van der Waals surface area contributed by atoms with Crippen LogP contribution >= 0.6 is 11.6 Å². The van der Waals surface area contributed by atoms with Crippen LogP contribution in [0.15, 0.2) is 29.5 Å². The fourth-order valence-electron chi connectivity index (χ4n) is 2.52. The Labute approximate surface area is 159 Å². The van der Waals surface area contributed by atoms with E-state index in [1.807, 2.05) is 29.7 Å². The second-order valence-corrected chi connectivity index (χ2v) is 6.10. The smallest absolute Gasteiger partial charge is 0.191 e. The Balaban J connectivity index is 1.86. The molecule has 0 aliphatic heterocycles. The largest absolute Gasteiger partial charge is 0.497 e. The van der Waals surface area contributed by atoms with E-state index in [2.05, 4.69) is 32.7 Å². The number of ether oxygens (including phenoxy) is 1. The molecule has 0 radical (unpaired) electrons. The number of nitrogens with zero attached hydrogens (tertiary/aromatic N) is 4. The van der Waals surface area contributed by atoms with Crippen LogP contribution in [-0.4, -0.2) is 47.5 Å². The molecule has 0 fully saturated rings. The highest BCUT2D eigenvalue weighted by Gasteiger charge is 2.04. The molecule has 0 aliphatic carbocycles. The summed E-state index contributed by atoms with van der Waals surface area (Å²) in [5.74, 6) is 2.55. The van der Waals surface area contributed by atoms with Gasteiger partial charge in [0.1, 0.15) is 17.9 Å². The van der Waals surface area contributed by atoms with Gasteiger partial charge in [-0.1, -0.05) is 24.6 Å². The molecule has 7 nitrogen and oxygen atoms in total. The third-order valence-corrected chi connectivity index (χ3v) is 4.26. The summed E-state index contributed by atoms with van der Waals surface area (Å²) in [7, 11) is 1.63. The molecule has 0 saturated carbocycles. The number of halogens is 1. The third-order valence-electron chi connectivity index (χ3n) is 3.91. The van der Waals surface area contributed by atoms with Gasteiger partial charge in [-0.3, -0.25) is 4.99 Å². The normalized spacial score (nSPS) is 11.5. The van der Waals surface area contributed by atoms with E-state index in [0.29, 0.717) is 11.6 Å². The molecule has 1 aromatic carbocycles. The van der Waals surface area contributed by atoms with Crippen LogP contribution in [0.4, 0.5) is 0 Å². The molecule has 1 aromatic heterocycles. The van der Waals surface area contributed by atoms with Gasteiger partial charge in [0.2, 0.25) is 0 Å². The molecule has 1 heterocycles. The summed E-state index contributed by atoms with van der Waals surface area (Å²) in [5, 5.41) is 15.3. The highest BCUT2D eigenvalue weighted by Crippen LogP contribution is 2.22. The average molecular weight is 379 g/mol. The number of guanidine groups is 1. The molecule has 0 atom stereocenters. The van der Waals surface area contributed by atoms with Crippen molar-refractivity contribution in [1.29, 1.82) is 0 Å². The van der Waals surface area contributed by atoms with Gasteiger partial charge >= 0.3 is 0 Å². The van der Waals surface area contributed by atoms with Crippen LogP contribution in [-0.2, 0) is 19.4 Å². The lowest BCUT2D eigenvalue weighted by molar-refractivity contribution is 0.414. The summed E-state index contributed by atoms with van der Waals surface area (Å²) in [5.41, 5.74) is 1.06. The van der Waals surface area contributed by atoms with Gasteiger partial charge in [0.25, 0.3) is 0 Å². The molecule has 142 valence electrons. The lowest BCUT2D eigenvalue weighted by atomic mass is 10.1. The summed E-state index contributed by atoms with van der Waals surface area (Å²) < 4.78 is 7.22. The van der Waals surface area contributed by atoms with Gasteiger partial charge in [-0.2, -0.15) is 0 Å². The Hall–Kier alpha value is -2.28. The molecule has 2 N–H and O–H groups in total. The monoisotopic (exact) mass is 378 g/mol. The van der Waals surface area contributed by atoms with Gasteiger partial charge in [-0.15, -0.1) is 10.2 Å². The van der Waals surface area contributed by atoms with Crippen molar-refractivity contribution in [2.75, 3.05) is 26.7 Å². The van der Waals surface area contributed by atoms with Crippen LogP contribution < -0.4 is 15.4 Å². The molecule has 2 rings (SSSR count). The maximum Gasteiger partial charge on any atom is 0.191 e. The molecule has 0 saturated heterocycles. The third kappa shape index (κ3) is 5.91. The van der Waals surface area contributed by atoms with Crippen LogP contribution in [0.2, 0.25) is 5.02 Å². The van der Waals surface area contributed by atoms with Crippen LogP contribution in [0.3, 0.4) is 0 Å². The average Bonchev–Trinajstić information content (AvgIpc) is 3.10. The predicted octanol–water partition coefficient (Wildman–Crippen LogP) is 2.30. The first-order chi connectivity index (χ1) is 12.7. The molecular weight excluding hydrogens is 352 g/mol. The van der Waals surface area contributed by atoms with Crippen LogP contribution in [0.1, 0.15) is 25.2 Å². The van der Waals surface area contributed by atoms with E-state index in [-0.39, 0.29) is 0 Å². The van der Waals surface area contributed by atoms with Gasteiger partial charge in [-0.25, -0.2) is 0 Å². The lowest BCUT2D eigenvalue weighted by Gasteiger charge is -2.12. The second-order valence-electron chi connectivity index (χ2n) is 5.69. The number of rotatable bonds is 9. The number of aromatic nitrogens is 3. The predicted molar refractivity (Wildman–Crippen MR) is 105 cm³/mol. The van der Waals surface area contributed by atoms with Crippen molar-refractivity contribution >= 4 is 17.6 Å². The van der Waals surface area contributed by atoms with Crippen molar-refractivity contribution < 1.29 is 4.74 Å². The maximum atomic E-state index is 6.28. The topological polar surface area (TPSA) is 76.4 Å². The summed E-state index contributed by atoms with van der Waals surface area (Å²) in [4.78, 5) is 4.62. The summed E-state index contributed by atoms with van der Waals surface area (Å²) in [6, 6.07) is 5.72. The first-order valence-corrected chi connectivity index (χ1v) is 9.27. The number of aryl methyl sites for hydroxylation is 1. The first kappa shape index (κ1) is 20.0. The molecular formula is C18H27ClN6O. The number of aliphatic imine (C=N–C) groups is 1. The molecule has 8 heteroatoms. The first-order valence-electron chi connectivity index (χ1n) is 8.89. The van der Waals surface area contributed by atoms with Gasteiger partial charge in [-0.05, 0) is 31.0 Å². The highest BCUT2D eigenvalue weighted by molar-refractivity contribution is 6.31. The number of benzene rings is 1. The van der Waals surface area contributed by atoms with E-state index < -0.39 is 0 Å². The number of hydrogen-bond donors (Lipinski definition) is 2. The minimum Gasteiger partial charge on any atom is -0.497 e. The lowest BCUT2D eigenvalue weighted by Crippen LogP contribution is -2.39. The van der Waals surface area contributed by atoms with Crippen LogP contribution in [0.25, 0.3) is 0 Å². The zero-order chi connectivity index (χ0) is 18.8. The zero-order valence-corrected chi connectivity index (χ0v) is 16.4. The Morgan fingerprint density at radius 3 is 2.85 bits per heavy atom. The van der Waals surface area contributed by atoms with E-state index in [4.69, 9.17) is 16.3 Å². The fourth-order valence-corrected chi connectivity index (χ4v) is 2.79. The molecule has 2 aromatic rings. The van der Waals surface area contributed by atoms with Crippen molar-refractivity contribution in [3.05, 3.63) is 40.9 Å². The van der Waals surface area contributed by atoms with E-state index in [1.165, 1.54) is 0 Å². The van der Waals surface area contributed by atoms with Crippen molar-refractivity contribution in [1.82, 2.24) is 25.4 Å². The number of nitrogens with one attached hydrogen (secondary N) is 2. The van der Waals surface area contributed by atoms with Gasteiger partial charge in [0, 0.05) is 37.6 Å². The number of methoxy groups -OCH3 is 1. The van der Waals surface area contributed by atoms with Crippen LogP contribution in [0, 0.1) is 0 Å². The molecule has 26 heavy (non-hydrogen) atoms. The Morgan fingerprint density at radius 1 is 1.31 bits per heavy atom. The van der Waals surface area contributed by atoms with E-state index in [9.17, 15) is 0 Å². The van der Waals surface area contributed by atoms with Crippen molar-refractivity contribution in [2.24, 2.45) is 4.99 Å². The van der Waals surface area contributed by atoms with Crippen molar-refractivity contribution in [3.8, 4) is 5.75 Å². The molecule has 0 spiro atoms. The van der Waals surface area contributed by atoms with Crippen LogP contribution in [0.5, 0.6) is 5.75 Å². The summed E-state index contributed by atoms with van der Waals surface area (Å²) in [6.07, 6.45) is 3.40. The molecule has 0 aliphatic rings. The Kier molecular flexibility index (Phi) is 8.21. The molecule has 0 amide bonds.